The zero-order valence-corrected chi connectivity index (χ0v) is 8.69. The third-order valence-electron chi connectivity index (χ3n) is 2.32. The number of benzene rings is 1. The highest BCUT2D eigenvalue weighted by Crippen LogP contribution is 2.25. The van der Waals surface area contributed by atoms with E-state index in [1.165, 1.54) is 6.07 Å². The van der Waals surface area contributed by atoms with Gasteiger partial charge in [-0.15, -0.1) is 0 Å². The normalized spacial score (nSPS) is 12.7. The van der Waals surface area contributed by atoms with Gasteiger partial charge in [0.05, 0.1) is 0 Å². The summed E-state index contributed by atoms with van der Waals surface area (Å²) in [5.41, 5.74) is 12.0. The molecule has 0 saturated carbocycles. The first-order valence-electron chi connectivity index (χ1n) is 5.12. The first kappa shape index (κ1) is 11.8. The van der Waals surface area contributed by atoms with Crippen LogP contribution < -0.4 is 11.5 Å². The Balaban J connectivity index is 2.60. The Hall–Kier alpha value is -1.26. The van der Waals surface area contributed by atoms with Gasteiger partial charge in [0.25, 0.3) is 0 Å². The van der Waals surface area contributed by atoms with Crippen LogP contribution in [0.2, 0.25) is 0 Å². The Morgan fingerprint density at radius 2 is 1.67 bits per heavy atom. The van der Waals surface area contributed by atoms with E-state index in [1.807, 2.05) is 0 Å². The lowest BCUT2D eigenvalue weighted by Gasteiger charge is -2.12. The average Bonchev–Trinajstić information content (AvgIpc) is 2.16. The maximum absolute atomic E-state index is 9.28. The molecule has 1 rings (SSSR count). The topological polar surface area (TPSA) is 92.5 Å². The van der Waals surface area contributed by atoms with Crippen molar-refractivity contribution >= 4 is 0 Å². The van der Waals surface area contributed by atoms with Gasteiger partial charge < -0.3 is 21.7 Å². The maximum Gasteiger partial charge on any atom is 0.119 e. The van der Waals surface area contributed by atoms with Gasteiger partial charge in [-0.25, -0.2) is 0 Å². The van der Waals surface area contributed by atoms with Gasteiger partial charge in [0, 0.05) is 12.1 Å². The lowest BCUT2D eigenvalue weighted by Crippen LogP contribution is -2.10. The first-order chi connectivity index (χ1) is 7.13. The van der Waals surface area contributed by atoms with Crippen molar-refractivity contribution in [3.05, 3.63) is 23.8 Å². The highest BCUT2D eigenvalue weighted by molar-refractivity contribution is 5.37. The highest BCUT2D eigenvalue weighted by atomic mass is 16.3. The van der Waals surface area contributed by atoms with E-state index in [0.717, 1.165) is 24.8 Å². The summed E-state index contributed by atoms with van der Waals surface area (Å²) in [6.07, 6.45) is 2.70. The first-order valence-corrected chi connectivity index (χ1v) is 5.12. The number of hydrogen-bond acceptors (Lipinski definition) is 4. The van der Waals surface area contributed by atoms with E-state index in [2.05, 4.69) is 0 Å². The molecule has 6 N–H and O–H groups in total. The van der Waals surface area contributed by atoms with Crippen molar-refractivity contribution in [2.24, 2.45) is 11.5 Å². The van der Waals surface area contributed by atoms with Gasteiger partial charge in [0.1, 0.15) is 11.5 Å². The van der Waals surface area contributed by atoms with Crippen molar-refractivity contribution < 1.29 is 10.2 Å². The second-order valence-electron chi connectivity index (χ2n) is 3.67. The van der Waals surface area contributed by atoms with Crippen molar-refractivity contribution in [2.75, 3.05) is 6.54 Å². The van der Waals surface area contributed by atoms with Crippen LogP contribution in [0.25, 0.3) is 0 Å². The van der Waals surface area contributed by atoms with E-state index >= 15 is 0 Å². The molecule has 0 bridgehead atoms. The second kappa shape index (κ2) is 5.58. The minimum absolute atomic E-state index is 0.0410. The van der Waals surface area contributed by atoms with E-state index in [1.54, 1.807) is 12.1 Å². The second-order valence-corrected chi connectivity index (χ2v) is 3.67. The van der Waals surface area contributed by atoms with Gasteiger partial charge in [-0.1, -0.05) is 6.42 Å². The maximum atomic E-state index is 9.28. The molecule has 0 spiro atoms. The van der Waals surface area contributed by atoms with Crippen molar-refractivity contribution in [2.45, 2.75) is 25.3 Å². The number of nitrogens with two attached hydrogens (primary N) is 2. The monoisotopic (exact) mass is 210 g/mol. The van der Waals surface area contributed by atoms with Crippen LogP contribution in [0.4, 0.5) is 0 Å². The molecule has 0 aliphatic rings. The van der Waals surface area contributed by atoms with Crippen LogP contribution >= 0.6 is 0 Å². The number of unbranched alkanes of at least 4 members (excludes halogenated alkanes) is 1. The molecule has 0 aromatic heterocycles. The predicted molar refractivity (Wildman–Crippen MR) is 59.6 cm³/mol. The Bertz CT molecular complexity index is 295. The van der Waals surface area contributed by atoms with Crippen LogP contribution in [0.5, 0.6) is 11.5 Å². The predicted octanol–water partition coefficient (Wildman–Crippen LogP) is 1.23. The van der Waals surface area contributed by atoms with E-state index < -0.39 is 0 Å². The highest BCUT2D eigenvalue weighted by Gasteiger charge is 2.07. The largest absolute Gasteiger partial charge is 0.508 e. The van der Waals surface area contributed by atoms with E-state index in [4.69, 9.17) is 11.5 Å². The summed E-state index contributed by atoms with van der Waals surface area (Å²) < 4.78 is 0. The Morgan fingerprint density at radius 1 is 1.07 bits per heavy atom. The molecule has 15 heavy (non-hydrogen) atoms. The minimum atomic E-state index is -0.158. The van der Waals surface area contributed by atoms with Gasteiger partial charge in [0.2, 0.25) is 0 Å². The van der Waals surface area contributed by atoms with E-state index in [0.29, 0.717) is 6.54 Å². The quantitative estimate of drug-likeness (QED) is 0.550. The molecule has 4 heteroatoms. The molecular weight excluding hydrogens is 192 g/mol. The number of aromatic hydroxyl groups is 2. The van der Waals surface area contributed by atoms with Crippen LogP contribution in [0, 0.1) is 0 Å². The molecule has 1 aromatic rings. The summed E-state index contributed by atoms with van der Waals surface area (Å²) in [6, 6.07) is 4.28. The zero-order valence-electron chi connectivity index (χ0n) is 8.69. The molecule has 1 aromatic carbocycles. The molecule has 0 aliphatic carbocycles. The van der Waals surface area contributed by atoms with Crippen molar-refractivity contribution in [3.63, 3.8) is 0 Å². The number of hydrogen-bond donors (Lipinski definition) is 4. The summed E-state index contributed by atoms with van der Waals surface area (Å²) in [4.78, 5) is 0. The molecule has 0 saturated heterocycles. The fraction of sp³-hybridized carbons (Fsp3) is 0.455. The Kier molecular flexibility index (Phi) is 4.39. The molecule has 0 unspecified atom stereocenters. The summed E-state index contributed by atoms with van der Waals surface area (Å²) in [5.74, 6) is 0.0820. The summed E-state index contributed by atoms with van der Waals surface area (Å²) >= 11 is 0. The molecule has 0 radical (unpaired) electrons. The van der Waals surface area contributed by atoms with Gasteiger partial charge in [-0.2, -0.15) is 0 Å². The molecular formula is C11H18N2O2. The number of phenols is 2. The Morgan fingerprint density at radius 3 is 2.20 bits per heavy atom. The van der Waals surface area contributed by atoms with Crippen LogP contribution in [0.3, 0.4) is 0 Å². The molecule has 4 nitrogen and oxygen atoms in total. The van der Waals surface area contributed by atoms with Gasteiger partial charge in [0.15, 0.2) is 0 Å². The third kappa shape index (κ3) is 3.77. The van der Waals surface area contributed by atoms with Crippen LogP contribution in [-0.2, 0) is 0 Å². The summed E-state index contributed by atoms with van der Waals surface area (Å²) in [6.45, 7) is 0.665. The average molecular weight is 210 g/mol. The molecule has 1 atom stereocenters. The lowest BCUT2D eigenvalue weighted by atomic mass is 10.0. The SMILES string of the molecule is NCCCC[C@H](N)c1cc(O)cc(O)c1. The third-order valence-corrected chi connectivity index (χ3v) is 2.32. The summed E-state index contributed by atoms with van der Waals surface area (Å²) in [7, 11) is 0. The van der Waals surface area contributed by atoms with Crippen molar-refractivity contribution in [3.8, 4) is 11.5 Å². The van der Waals surface area contributed by atoms with Crippen molar-refractivity contribution in [1.29, 1.82) is 0 Å². The van der Waals surface area contributed by atoms with Crippen LogP contribution in [-0.4, -0.2) is 16.8 Å². The Labute approximate surface area is 89.5 Å². The van der Waals surface area contributed by atoms with Gasteiger partial charge in [-0.3, -0.25) is 0 Å². The van der Waals surface area contributed by atoms with E-state index in [-0.39, 0.29) is 17.5 Å². The zero-order chi connectivity index (χ0) is 11.3. The standard InChI is InChI=1S/C11H18N2O2/c12-4-2-1-3-11(13)8-5-9(14)7-10(15)6-8/h5-7,11,14-15H,1-4,12-13H2/t11-/m0/s1. The lowest BCUT2D eigenvalue weighted by molar-refractivity contribution is 0.447. The molecule has 0 fully saturated rings. The molecule has 84 valence electrons. The molecule has 0 aliphatic heterocycles. The molecule has 0 heterocycles. The van der Waals surface area contributed by atoms with Crippen LogP contribution in [0.1, 0.15) is 30.9 Å². The van der Waals surface area contributed by atoms with Crippen molar-refractivity contribution in [1.82, 2.24) is 0 Å². The van der Waals surface area contributed by atoms with Gasteiger partial charge >= 0.3 is 0 Å². The fourth-order valence-electron chi connectivity index (χ4n) is 1.51. The fourth-order valence-corrected chi connectivity index (χ4v) is 1.51. The van der Waals surface area contributed by atoms with Gasteiger partial charge in [-0.05, 0) is 37.1 Å². The smallest absolute Gasteiger partial charge is 0.119 e. The van der Waals surface area contributed by atoms with E-state index in [9.17, 15) is 10.2 Å². The molecule has 0 amide bonds. The minimum Gasteiger partial charge on any atom is -0.508 e. The number of rotatable bonds is 5. The summed E-state index contributed by atoms with van der Waals surface area (Å²) in [5, 5.41) is 18.6. The number of phenolic OH excluding ortho intramolecular Hbond substituents is 2. The van der Waals surface area contributed by atoms with Crippen LogP contribution in [0.15, 0.2) is 18.2 Å².